The van der Waals surface area contributed by atoms with E-state index in [1.165, 1.54) is 6.20 Å². The highest BCUT2D eigenvalue weighted by atomic mass is 19.1. The van der Waals surface area contributed by atoms with Crippen LogP contribution in [-0.4, -0.2) is 38.5 Å². The molecule has 29 heavy (non-hydrogen) atoms. The molecule has 0 radical (unpaired) electrons. The van der Waals surface area contributed by atoms with Gasteiger partial charge in [0.2, 0.25) is 0 Å². The highest BCUT2D eigenvalue weighted by Gasteiger charge is 2.22. The first-order chi connectivity index (χ1) is 13.8. The van der Waals surface area contributed by atoms with Crippen molar-refractivity contribution in [3.8, 4) is 11.4 Å². The van der Waals surface area contributed by atoms with E-state index >= 15 is 0 Å². The molecule has 4 heterocycles. The normalized spacial score (nSPS) is 16.6. The van der Waals surface area contributed by atoms with Crippen molar-refractivity contribution in [3.05, 3.63) is 42.0 Å². The molecular weight excluding hydrogens is 374 g/mol. The van der Waals surface area contributed by atoms with Crippen molar-refractivity contribution in [3.63, 3.8) is 0 Å². The van der Waals surface area contributed by atoms with E-state index in [-0.39, 0.29) is 23.0 Å². The summed E-state index contributed by atoms with van der Waals surface area (Å²) in [5.74, 6) is -1.37. The molecule has 0 amide bonds. The van der Waals surface area contributed by atoms with Gasteiger partial charge in [0.05, 0.1) is 23.8 Å². The third kappa shape index (κ3) is 4.37. The molecule has 0 aliphatic carbocycles. The standard InChI is InChI=1S/C19H22F2N6.C2H6/c1-19(2,3)15-10-27-14(8-24-16(27)9-23-15)17-12(20)6-13(21)18(26-17)25-11-4-5-22-7-11;1-2/h6,8-11,22H,4-5,7H2,1-3H3,(H,25,26);1-2H3. The molecule has 2 N–H and O–H groups in total. The minimum absolute atomic E-state index is 0.0557. The van der Waals surface area contributed by atoms with Gasteiger partial charge >= 0.3 is 0 Å². The molecule has 3 aromatic rings. The van der Waals surface area contributed by atoms with Crippen LogP contribution in [0, 0.1) is 11.6 Å². The lowest BCUT2D eigenvalue weighted by atomic mass is 9.93. The summed E-state index contributed by atoms with van der Waals surface area (Å²) in [6.07, 6.45) is 5.88. The summed E-state index contributed by atoms with van der Waals surface area (Å²) in [4.78, 5) is 13.0. The van der Waals surface area contributed by atoms with E-state index in [1.807, 2.05) is 40.8 Å². The summed E-state index contributed by atoms with van der Waals surface area (Å²) in [7, 11) is 0. The van der Waals surface area contributed by atoms with Gasteiger partial charge in [-0.15, -0.1) is 0 Å². The Kier molecular flexibility index (Phi) is 6.12. The fourth-order valence-electron chi connectivity index (χ4n) is 3.17. The van der Waals surface area contributed by atoms with E-state index in [4.69, 9.17) is 0 Å². The van der Waals surface area contributed by atoms with Crippen molar-refractivity contribution in [1.82, 2.24) is 24.7 Å². The molecule has 0 bridgehead atoms. The SMILES string of the molecule is CC.CC(C)(C)c1cn2c(-c3nc(NC4CCNC4)c(F)cc3F)cnc2cn1. The monoisotopic (exact) mass is 402 g/mol. The number of pyridine rings is 1. The molecule has 156 valence electrons. The minimum Gasteiger partial charge on any atom is -0.364 e. The molecule has 1 aliphatic rings. The Labute approximate surface area is 169 Å². The van der Waals surface area contributed by atoms with Crippen LogP contribution in [0.15, 0.2) is 24.7 Å². The number of aromatic nitrogens is 4. The van der Waals surface area contributed by atoms with Gasteiger partial charge in [-0.1, -0.05) is 34.6 Å². The van der Waals surface area contributed by atoms with Crippen molar-refractivity contribution < 1.29 is 8.78 Å². The second-order valence-corrected chi connectivity index (χ2v) is 7.88. The summed E-state index contributed by atoms with van der Waals surface area (Å²) >= 11 is 0. The average Bonchev–Trinajstić information content (AvgIpc) is 3.34. The van der Waals surface area contributed by atoms with E-state index in [1.54, 1.807) is 10.6 Å². The third-order valence-corrected chi connectivity index (χ3v) is 4.74. The lowest BCUT2D eigenvalue weighted by Crippen LogP contribution is -2.23. The van der Waals surface area contributed by atoms with Crippen LogP contribution >= 0.6 is 0 Å². The van der Waals surface area contributed by atoms with Crippen LogP contribution in [0.4, 0.5) is 14.6 Å². The maximum atomic E-state index is 14.6. The number of imidazole rings is 1. The number of hydrogen-bond donors (Lipinski definition) is 2. The molecule has 1 fully saturated rings. The summed E-state index contributed by atoms with van der Waals surface area (Å²) in [5, 5.41) is 6.27. The van der Waals surface area contributed by atoms with Crippen molar-refractivity contribution in [2.75, 3.05) is 18.4 Å². The lowest BCUT2D eigenvalue weighted by molar-refractivity contribution is 0.564. The highest BCUT2D eigenvalue weighted by Crippen LogP contribution is 2.28. The Hall–Kier alpha value is -2.61. The van der Waals surface area contributed by atoms with Crippen LogP contribution in [0.2, 0.25) is 0 Å². The van der Waals surface area contributed by atoms with Gasteiger partial charge in [-0.05, 0) is 13.0 Å². The molecule has 1 aliphatic heterocycles. The predicted molar refractivity (Wildman–Crippen MR) is 111 cm³/mol. The number of rotatable bonds is 3. The van der Waals surface area contributed by atoms with Gasteiger partial charge in [0.15, 0.2) is 23.1 Å². The molecule has 8 heteroatoms. The molecule has 4 rings (SSSR count). The second kappa shape index (κ2) is 8.41. The quantitative estimate of drug-likeness (QED) is 0.688. The zero-order chi connectivity index (χ0) is 21.2. The number of nitrogens with one attached hydrogen (secondary N) is 2. The van der Waals surface area contributed by atoms with E-state index in [9.17, 15) is 8.78 Å². The van der Waals surface area contributed by atoms with Crippen LogP contribution in [0.3, 0.4) is 0 Å². The Morgan fingerprint density at radius 2 is 1.90 bits per heavy atom. The molecular formula is C21H28F2N6. The smallest absolute Gasteiger partial charge is 0.168 e. The lowest BCUT2D eigenvalue weighted by Gasteiger charge is -2.18. The number of fused-ring (bicyclic) bond motifs is 1. The molecule has 0 saturated carbocycles. The van der Waals surface area contributed by atoms with Crippen molar-refractivity contribution in [2.24, 2.45) is 0 Å². The van der Waals surface area contributed by atoms with Crippen LogP contribution in [-0.2, 0) is 5.41 Å². The summed E-state index contributed by atoms with van der Waals surface area (Å²) in [6, 6.07) is 0.947. The fourth-order valence-corrected chi connectivity index (χ4v) is 3.17. The Bertz CT molecular complexity index is 987. The zero-order valence-electron chi connectivity index (χ0n) is 17.6. The first kappa shape index (κ1) is 21.1. The summed E-state index contributed by atoms with van der Waals surface area (Å²) in [6.45, 7) is 11.7. The van der Waals surface area contributed by atoms with Crippen molar-refractivity contribution >= 4 is 11.5 Å². The molecule has 1 saturated heterocycles. The maximum absolute atomic E-state index is 14.6. The summed E-state index contributed by atoms with van der Waals surface area (Å²) < 4.78 is 30.6. The van der Waals surface area contributed by atoms with Gasteiger partial charge in [0.25, 0.3) is 0 Å². The zero-order valence-corrected chi connectivity index (χ0v) is 17.6. The van der Waals surface area contributed by atoms with Gasteiger partial charge in [-0.2, -0.15) is 0 Å². The van der Waals surface area contributed by atoms with E-state index in [0.717, 1.165) is 31.3 Å². The molecule has 0 aromatic carbocycles. The van der Waals surface area contributed by atoms with Gasteiger partial charge in [0, 0.05) is 30.3 Å². The largest absolute Gasteiger partial charge is 0.364 e. The number of hydrogen-bond acceptors (Lipinski definition) is 5. The number of nitrogens with zero attached hydrogens (tertiary/aromatic N) is 4. The highest BCUT2D eigenvalue weighted by molar-refractivity contribution is 5.62. The van der Waals surface area contributed by atoms with E-state index in [0.29, 0.717) is 11.3 Å². The van der Waals surface area contributed by atoms with E-state index < -0.39 is 11.6 Å². The van der Waals surface area contributed by atoms with Gasteiger partial charge in [-0.25, -0.2) is 18.7 Å². The first-order valence-corrected chi connectivity index (χ1v) is 10.00. The van der Waals surface area contributed by atoms with Crippen LogP contribution in [0.5, 0.6) is 0 Å². The summed E-state index contributed by atoms with van der Waals surface area (Å²) in [5.41, 5.74) is 1.77. The first-order valence-electron chi connectivity index (χ1n) is 10.00. The van der Waals surface area contributed by atoms with Gasteiger partial charge < -0.3 is 10.6 Å². The average molecular weight is 402 g/mol. The van der Waals surface area contributed by atoms with Crippen molar-refractivity contribution in [2.45, 2.75) is 52.5 Å². The molecule has 3 aromatic heterocycles. The maximum Gasteiger partial charge on any atom is 0.168 e. The topological polar surface area (TPSA) is 67.1 Å². The van der Waals surface area contributed by atoms with Gasteiger partial charge in [-0.3, -0.25) is 9.38 Å². The van der Waals surface area contributed by atoms with Crippen LogP contribution < -0.4 is 10.6 Å². The fraction of sp³-hybridized carbons (Fsp3) is 0.476. The third-order valence-electron chi connectivity index (χ3n) is 4.74. The second-order valence-electron chi connectivity index (χ2n) is 7.88. The molecule has 1 atom stereocenters. The predicted octanol–water partition coefficient (Wildman–Crippen LogP) is 4.17. The molecule has 1 unspecified atom stereocenters. The Morgan fingerprint density at radius 1 is 1.14 bits per heavy atom. The van der Waals surface area contributed by atoms with Gasteiger partial charge in [0.1, 0.15) is 5.69 Å². The van der Waals surface area contributed by atoms with Crippen LogP contribution in [0.25, 0.3) is 17.0 Å². The molecule has 6 nitrogen and oxygen atoms in total. The van der Waals surface area contributed by atoms with Crippen molar-refractivity contribution in [1.29, 1.82) is 0 Å². The minimum atomic E-state index is -0.724. The van der Waals surface area contributed by atoms with E-state index in [2.05, 4.69) is 25.6 Å². The Morgan fingerprint density at radius 3 is 2.55 bits per heavy atom. The number of halogens is 2. The Balaban J connectivity index is 0.00000117. The molecule has 0 spiro atoms. The van der Waals surface area contributed by atoms with Crippen LogP contribution in [0.1, 0.15) is 46.7 Å². The number of anilines is 1.